The van der Waals surface area contributed by atoms with E-state index in [2.05, 4.69) is 415 Å². The van der Waals surface area contributed by atoms with Crippen molar-refractivity contribution in [2.24, 2.45) is 0 Å². The molecule has 0 aliphatic carbocycles. The fraction of sp³-hybridized carbons (Fsp3) is 0.0556. The first-order valence-corrected chi connectivity index (χ1v) is 46.3. The molecule has 0 aliphatic rings. The van der Waals surface area contributed by atoms with Gasteiger partial charge >= 0.3 is 7.12 Å². The Morgan fingerprint density at radius 3 is 0.756 bits per heavy atom. The van der Waals surface area contributed by atoms with Gasteiger partial charge in [0.15, 0.2) is 0 Å². The van der Waals surface area contributed by atoms with Crippen molar-refractivity contribution in [1.82, 2.24) is 9.97 Å². The maximum atomic E-state index is 12.1. The molecule has 614 valence electrons. The first-order valence-electron chi connectivity index (χ1n) is 40.2. The van der Waals surface area contributed by atoms with Gasteiger partial charge in [0, 0.05) is 55.2 Å². The van der Waals surface area contributed by atoms with Gasteiger partial charge in [-0.05, 0) is 211 Å². The number of rotatable bonds is 20. The van der Waals surface area contributed by atoms with Crippen molar-refractivity contribution in [3.05, 3.63) is 489 Å². The van der Waals surface area contributed by atoms with Crippen LogP contribution in [-0.2, 0) is 20.4 Å². The summed E-state index contributed by atoms with van der Waals surface area (Å²) in [4.78, 5) is 8.09. The van der Waals surface area contributed by atoms with Crippen LogP contribution in [0.1, 0.15) is 11.1 Å². The molecule has 0 saturated heterocycles. The minimum absolute atomic E-state index is 0. The smallest absolute Gasteiger partial charge is 0.488 e. The molecule has 0 amide bonds. The Balaban J connectivity index is 0.000000141. The number of ether oxygens (including phenoxy) is 2. The van der Waals surface area contributed by atoms with Crippen molar-refractivity contribution in [3.63, 3.8) is 0 Å². The summed E-state index contributed by atoms with van der Waals surface area (Å²) in [6.07, 6.45) is 7.25. The van der Waals surface area contributed by atoms with E-state index >= 15 is 0 Å². The largest absolute Gasteiger partial charge is 0.491 e. The number of fused-ring (bicyclic) bond motifs is 2. The van der Waals surface area contributed by atoms with E-state index in [1.165, 1.54) is 74.8 Å². The van der Waals surface area contributed by atoms with Gasteiger partial charge in [-0.25, -0.2) is 8.78 Å². The predicted molar refractivity (Wildman–Crippen MR) is 526 cm³/mol. The molecule has 0 spiro atoms. The minimum atomic E-state index is -1.47. The summed E-state index contributed by atoms with van der Waals surface area (Å²) >= 11 is 3.33. The number of benzene rings is 16. The summed E-state index contributed by atoms with van der Waals surface area (Å²) in [5, 5.41) is 38.9. The third-order valence-electron chi connectivity index (χ3n) is 19.1. The molecule has 0 bridgehead atoms. The van der Waals surface area contributed by atoms with E-state index in [4.69, 9.17) is 19.5 Å². The maximum absolute atomic E-state index is 12.1. The van der Waals surface area contributed by atoms with Crippen molar-refractivity contribution in [1.29, 1.82) is 0 Å². The van der Waals surface area contributed by atoms with Crippen LogP contribution in [0.4, 0.5) is 8.78 Å². The van der Waals surface area contributed by atoms with Gasteiger partial charge in [-0.2, -0.15) is 0 Å². The Labute approximate surface area is 750 Å². The summed E-state index contributed by atoms with van der Waals surface area (Å²) in [5.74, 6) is 1.30. The number of nitrogens with zero attached hydrogens (tertiary/aromatic N) is 2. The van der Waals surface area contributed by atoms with Gasteiger partial charge in [0.05, 0.1) is 0 Å². The van der Waals surface area contributed by atoms with E-state index in [0.29, 0.717) is 17.0 Å². The van der Waals surface area contributed by atoms with Gasteiger partial charge in [-0.15, -0.1) is 0 Å². The fourth-order valence-corrected chi connectivity index (χ4v) is 22.7. The Morgan fingerprint density at radius 2 is 0.520 bits per heavy atom. The molecule has 18 rings (SSSR count). The van der Waals surface area contributed by atoms with Gasteiger partial charge in [-0.1, -0.05) is 406 Å². The Bertz CT molecular complexity index is 5160. The third-order valence-corrected chi connectivity index (χ3v) is 29.7. The van der Waals surface area contributed by atoms with Crippen LogP contribution in [0.5, 0.6) is 11.5 Å². The molecule has 18 aromatic rings. The number of aromatic nitrogens is 2. The standard InChI is InChI=1S/C18H16FNO.4C18H15P.C12H12BFO3.C6H6BrN.Pd/c1-13-6-8-20-12-18(13)16-3-2-15-11-17(21-9-7-19)5-4-14(15)10-16;4*1-4-10-16(11-5-1)19(17-12-6-2-7-13-17)18-14-8-3-9-15-18;14-5-6-17-12-4-2-9-7-11(13(15)16)3-1-10(9)8-12;1-5-2-3-8-4-6(5)7;/h2-6,8,10-12H,7,9H2,1H3;4*1-15H;1-4,7-8,15-16H,5-6H2;2-4H,1H3;. The Hall–Kier alpha value is -11.4. The minimum Gasteiger partial charge on any atom is -0.491 e. The molecule has 6 nitrogen and oxygen atoms in total. The van der Waals surface area contributed by atoms with E-state index in [-0.39, 0.29) is 33.6 Å². The first kappa shape index (κ1) is 92.4. The van der Waals surface area contributed by atoms with Gasteiger partial charge in [-0.3, -0.25) is 9.97 Å². The topological polar surface area (TPSA) is 84.7 Å². The van der Waals surface area contributed by atoms with Crippen LogP contribution in [0.2, 0.25) is 0 Å². The summed E-state index contributed by atoms with van der Waals surface area (Å²) in [5.41, 5.74) is 5.14. The van der Waals surface area contributed by atoms with Crippen LogP contribution in [0.3, 0.4) is 0 Å². The summed E-state index contributed by atoms with van der Waals surface area (Å²) < 4.78 is 35.6. The SMILES string of the molecule is Cc1ccncc1-c1ccc2cc(OCCF)ccc2c1.Cc1ccncc1Br.OB(O)c1ccc2cc(OCCF)ccc2c1.[Pd].c1ccc(P(c2ccccc2)c2ccccc2)cc1.c1ccc(P(c2ccccc2)c2ccccc2)cc1.c1ccc(P(c2ccccc2)c2ccccc2)cc1.c1ccc(P(c2ccccc2)c2ccccc2)cc1. The molecule has 0 atom stereocenters. The first-order chi connectivity index (χ1) is 60.1. The molecule has 2 aromatic heterocycles. The zero-order chi connectivity index (χ0) is 84.6. The molecule has 15 heteroatoms. The van der Waals surface area contributed by atoms with Crippen molar-refractivity contribution >= 4 is 145 Å². The van der Waals surface area contributed by atoms with E-state index in [1.807, 2.05) is 43.5 Å². The van der Waals surface area contributed by atoms with E-state index in [9.17, 15) is 8.78 Å². The zero-order valence-corrected chi connectivity index (χ0v) is 75.0. The molecule has 16 aromatic carbocycles. The number of aryl methyl sites for hydroxylation is 2. The van der Waals surface area contributed by atoms with E-state index in [0.717, 1.165) is 37.1 Å². The predicted octanol–water partition coefficient (Wildman–Crippen LogP) is 21.4. The van der Waals surface area contributed by atoms with Crippen LogP contribution < -0.4 is 78.6 Å². The normalized spacial score (nSPS) is 10.4. The van der Waals surface area contributed by atoms with Crippen molar-refractivity contribution in [3.8, 4) is 22.6 Å². The van der Waals surface area contributed by atoms with Gasteiger partial charge in [0.25, 0.3) is 0 Å². The molecular weight excluding hydrogens is 1750 g/mol. The Kier molecular flexibility index (Phi) is 38.2. The van der Waals surface area contributed by atoms with Crippen molar-refractivity contribution in [2.45, 2.75) is 13.8 Å². The zero-order valence-electron chi connectivity index (χ0n) is 68.3. The molecule has 123 heavy (non-hydrogen) atoms. The summed E-state index contributed by atoms with van der Waals surface area (Å²) in [7, 11) is -3.25. The van der Waals surface area contributed by atoms with Crippen LogP contribution in [0, 0.1) is 13.8 Å². The van der Waals surface area contributed by atoms with Crippen LogP contribution in [-0.4, -0.2) is 53.7 Å². The van der Waals surface area contributed by atoms with Crippen LogP contribution >= 0.6 is 47.6 Å². The number of hydrogen-bond acceptors (Lipinski definition) is 6. The monoisotopic (exact) mass is 1840 g/mol. The van der Waals surface area contributed by atoms with Crippen molar-refractivity contribution in [2.75, 3.05) is 26.6 Å². The second kappa shape index (κ2) is 50.9. The quantitative estimate of drug-likeness (QED) is 0.0584. The van der Waals surface area contributed by atoms with Gasteiger partial charge < -0.3 is 19.5 Å². The molecule has 0 unspecified atom stereocenters. The van der Waals surface area contributed by atoms with Gasteiger partial charge in [0.1, 0.15) is 38.1 Å². The van der Waals surface area contributed by atoms with E-state index in [1.54, 1.807) is 55.0 Å². The summed E-state index contributed by atoms with van der Waals surface area (Å²) in [6, 6.07) is 156. The number of pyridine rings is 2. The number of alkyl halides is 2. The average Bonchev–Trinajstić information content (AvgIpc) is 0.807. The van der Waals surface area contributed by atoms with Crippen molar-refractivity contribution < 1.29 is 48.7 Å². The maximum Gasteiger partial charge on any atom is 0.488 e. The van der Waals surface area contributed by atoms with Crippen LogP contribution in [0.25, 0.3) is 32.7 Å². The second-order valence-electron chi connectivity index (χ2n) is 27.6. The molecule has 0 radical (unpaired) electrons. The summed E-state index contributed by atoms with van der Waals surface area (Å²) in [6.45, 7) is 3.25. The molecule has 0 aliphatic heterocycles. The number of halogens is 3. The molecule has 0 saturated carbocycles. The van der Waals surface area contributed by atoms with Gasteiger partial charge in [0.2, 0.25) is 0 Å². The second-order valence-corrected chi connectivity index (χ2v) is 37.4. The molecule has 2 heterocycles. The average molecular weight is 1840 g/mol. The fourth-order valence-electron chi connectivity index (χ4n) is 13.2. The Morgan fingerprint density at radius 1 is 0.285 bits per heavy atom. The van der Waals surface area contributed by atoms with Crippen LogP contribution in [0.15, 0.2) is 478 Å². The molecule has 0 fully saturated rings. The molecular formula is C108H94BBrF2N2O4P4Pd. The third kappa shape index (κ3) is 28.3. The molecule has 2 N–H and O–H groups in total. The van der Waals surface area contributed by atoms with E-state index < -0.39 is 52.2 Å². The number of hydrogen-bond donors (Lipinski definition) is 2.